The van der Waals surface area contributed by atoms with Crippen molar-refractivity contribution in [3.05, 3.63) is 46.5 Å². The number of carbonyl (C=O) groups excluding carboxylic acids is 2. The normalized spacial score (nSPS) is 32.9. The molecule has 2 aliphatic carbocycles. The van der Waals surface area contributed by atoms with Crippen LogP contribution in [0, 0.1) is 5.92 Å². The molecule has 8 nitrogen and oxygen atoms in total. The third kappa shape index (κ3) is 2.30. The lowest BCUT2D eigenvalue weighted by Crippen LogP contribution is -2.56. The van der Waals surface area contributed by atoms with Gasteiger partial charge in [0.2, 0.25) is 12.0 Å². The van der Waals surface area contributed by atoms with E-state index in [0.717, 1.165) is 18.7 Å². The van der Waals surface area contributed by atoms with E-state index in [4.69, 9.17) is 9.57 Å². The first-order chi connectivity index (χ1) is 14.1. The first-order valence-corrected chi connectivity index (χ1v) is 9.89. The standard InChI is InChI=1S/C20H19FN4O4/c21-15-13(24-5-3-22-4-6-24)8-10-7-11-9-23-29-20(11)25-12-1-2-14(26)17(27)18(12)28-19(15)16(10)25/h7-10,16,20,22H,1-6H2. The zero-order valence-electron chi connectivity index (χ0n) is 15.6. The number of rotatable bonds is 1. The summed E-state index contributed by atoms with van der Waals surface area (Å²) in [7, 11) is 0. The molecular formula is C20H19FN4O4. The van der Waals surface area contributed by atoms with Crippen molar-refractivity contribution in [2.24, 2.45) is 11.1 Å². The van der Waals surface area contributed by atoms with Crippen LogP contribution in [0.4, 0.5) is 4.39 Å². The molecule has 29 heavy (non-hydrogen) atoms. The number of fused-ring (bicyclic) bond motifs is 3. The first-order valence-electron chi connectivity index (χ1n) is 9.89. The molecule has 4 aliphatic heterocycles. The third-order valence-corrected chi connectivity index (χ3v) is 6.30. The number of nitrogens with zero attached hydrogens (tertiary/aromatic N) is 3. The van der Waals surface area contributed by atoms with Crippen molar-refractivity contribution in [2.45, 2.75) is 25.1 Å². The van der Waals surface area contributed by atoms with Crippen LogP contribution in [0.15, 0.2) is 51.6 Å². The van der Waals surface area contributed by atoms with Crippen LogP contribution in [0.1, 0.15) is 12.8 Å². The van der Waals surface area contributed by atoms with Crippen LogP contribution in [0.2, 0.25) is 0 Å². The van der Waals surface area contributed by atoms with E-state index in [1.54, 1.807) is 6.21 Å². The Morgan fingerprint density at radius 2 is 2.00 bits per heavy atom. The fourth-order valence-electron chi connectivity index (χ4n) is 4.95. The highest BCUT2D eigenvalue weighted by molar-refractivity contribution is 6.43. The summed E-state index contributed by atoms with van der Waals surface area (Å²) < 4.78 is 21.5. The number of hydrogen-bond acceptors (Lipinski definition) is 8. The minimum atomic E-state index is -0.699. The Labute approximate surface area is 166 Å². The molecule has 0 radical (unpaired) electrons. The van der Waals surface area contributed by atoms with Crippen molar-refractivity contribution in [1.29, 1.82) is 0 Å². The fraction of sp³-hybridized carbons (Fsp3) is 0.450. The molecule has 6 aliphatic rings. The minimum Gasteiger partial charge on any atom is -0.450 e. The van der Waals surface area contributed by atoms with Gasteiger partial charge in [-0.2, -0.15) is 0 Å². The molecule has 0 aromatic heterocycles. The van der Waals surface area contributed by atoms with Gasteiger partial charge in [-0.25, -0.2) is 4.39 Å². The van der Waals surface area contributed by atoms with E-state index in [1.165, 1.54) is 0 Å². The smallest absolute Gasteiger partial charge is 0.265 e. The molecule has 3 unspecified atom stereocenters. The van der Waals surface area contributed by atoms with Crippen LogP contribution >= 0.6 is 0 Å². The maximum Gasteiger partial charge on any atom is 0.265 e. The molecule has 1 saturated heterocycles. The lowest BCUT2D eigenvalue weighted by atomic mass is 9.81. The van der Waals surface area contributed by atoms with Gasteiger partial charge in [-0.1, -0.05) is 11.2 Å². The first kappa shape index (κ1) is 17.0. The highest BCUT2D eigenvalue weighted by atomic mass is 19.1. The molecule has 0 aromatic rings. The summed E-state index contributed by atoms with van der Waals surface area (Å²) in [5.74, 6) is -1.83. The molecule has 0 aromatic carbocycles. The van der Waals surface area contributed by atoms with Gasteiger partial charge >= 0.3 is 0 Å². The quantitative estimate of drug-likeness (QED) is 0.652. The molecule has 3 atom stereocenters. The maximum atomic E-state index is 15.7. The number of ether oxygens (including phenoxy) is 1. The third-order valence-electron chi connectivity index (χ3n) is 6.30. The van der Waals surface area contributed by atoms with E-state index in [0.29, 0.717) is 30.9 Å². The molecule has 1 N–H and O–H groups in total. The Balaban J connectivity index is 1.52. The molecule has 4 heterocycles. The van der Waals surface area contributed by atoms with Gasteiger partial charge in [0.15, 0.2) is 17.3 Å². The van der Waals surface area contributed by atoms with Crippen molar-refractivity contribution in [2.75, 3.05) is 26.2 Å². The number of Topliss-reactive ketones (excluding diaryl/α,β-unsaturated/α-hetero) is 2. The number of nitrogens with one attached hydrogen (secondary N) is 1. The summed E-state index contributed by atoms with van der Waals surface area (Å²) >= 11 is 0. The molecule has 0 saturated carbocycles. The van der Waals surface area contributed by atoms with Gasteiger partial charge in [-0.05, 0) is 12.5 Å². The fourth-order valence-corrected chi connectivity index (χ4v) is 4.95. The van der Waals surface area contributed by atoms with Crippen LogP contribution in [-0.2, 0) is 19.2 Å². The number of hydrogen-bond donors (Lipinski definition) is 1. The highest BCUT2D eigenvalue weighted by Gasteiger charge is 2.53. The maximum absolute atomic E-state index is 15.7. The van der Waals surface area contributed by atoms with Crippen LogP contribution in [-0.4, -0.2) is 66.0 Å². The second-order valence-electron chi connectivity index (χ2n) is 7.89. The predicted molar refractivity (Wildman–Crippen MR) is 98.6 cm³/mol. The van der Waals surface area contributed by atoms with E-state index in [2.05, 4.69) is 10.5 Å². The number of piperazine rings is 1. The van der Waals surface area contributed by atoms with E-state index < -0.39 is 29.7 Å². The molecule has 6 rings (SSSR count). The van der Waals surface area contributed by atoms with Crippen molar-refractivity contribution >= 4 is 17.8 Å². The van der Waals surface area contributed by atoms with Crippen molar-refractivity contribution < 1.29 is 23.6 Å². The predicted octanol–water partition coefficient (Wildman–Crippen LogP) is 0.713. The summed E-state index contributed by atoms with van der Waals surface area (Å²) in [4.78, 5) is 34.0. The summed E-state index contributed by atoms with van der Waals surface area (Å²) in [6.45, 7) is 2.91. The topological polar surface area (TPSA) is 83.5 Å². The molecule has 0 spiro atoms. The summed E-state index contributed by atoms with van der Waals surface area (Å²) in [6, 6.07) is -0.461. The van der Waals surface area contributed by atoms with E-state index in [9.17, 15) is 9.59 Å². The largest absolute Gasteiger partial charge is 0.450 e. The SMILES string of the molecule is O=C1CCC2=C(OC3=C(F)C(N4CCNCC4)=CC4C=C5C=NOC5N2C34)C1=O. The summed E-state index contributed by atoms with van der Waals surface area (Å²) in [5, 5.41) is 7.20. The minimum absolute atomic E-state index is 0.0697. The Bertz CT molecular complexity index is 988. The average molecular weight is 398 g/mol. The average Bonchev–Trinajstić information content (AvgIpc) is 3.22. The Morgan fingerprint density at radius 1 is 1.17 bits per heavy atom. The second-order valence-corrected chi connectivity index (χ2v) is 7.89. The van der Waals surface area contributed by atoms with Crippen molar-refractivity contribution in [1.82, 2.24) is 15.1 Å². The van der Waals surface area contributed by atoms with Gasteiger partial charge < -0.3 is 24.7 Å². The Hall–Kier alpha value is -2.94. The molecule has 9 heteroatoms. The van der Waals surface area contributed by atoms with Gasteiger partial charge in [-0.3, -0.25) is 9.59 Å². The van der Waals surface area contributed by atoms with E-state index in [-0.39, 0.29) is 23.9 Å². The van der Waals surface area contributed by atoms with Gasteiger partial charge in [0.25, 0.3) is 5.78 Å². The molecule has 150 valence electrons. The zero-order chi connectivity index (χ0) is 19.7. The number of halogens is 1. The van der Waals surface area contributed by atoms with Gasteiger partial charge in [0, 0.05) is 44.1 Å². The number of oxime groups is 1. The van der Waals surface area contributed by atoms with Gasteiger partial charge in [-0.15, -0.1) is 0 Å². The number of allylic oxidation sites excluding steroid dienone is 3. The molecule has 0 amide bonds. The van der Waals surface area contributed by atoms with Crippen molar-refractivity contribution in [3.63, 3.8) is 0 Å². The second kappa shape index (κ2) is 6.03. The van der Waals surface area contributed by atoms with E-state index in [1.807, 2.05) is 22.0 Å². The van der Waals surface area contributed by atoms with Crippen LogP contribution in [0.5, 0.6) is 0 Å². The molecule has 1 fully saturated rings. The highest BCUT2D eigenvalue weighted by Crippen LogP contribution is 2.48. The van der Waals surface area contributed by atoms with Crippen molar-refractivity contribution in [3.8, 4) is 0 Å². The van der Waals surface area contributed by atoms with Gasteiger partial charge in [0.1, 0.15) is 6.04 Å². The Kier molecular flexibility index (Phi) is 3.53. The lowest BCUT2D eigenvalue weighted by molar-refractivity contribution is -0.138. The number of ketones is 2. The summed E-state index contributed by atoms with van der Waals surface area (Å²) in [5.41, 5.74) is 1.94. The van der Waals surface area contributed by atoms with Crippen LogP contribution in [0.25, 0.3) is 0 Å². The van der Waals surface area contributed by atoms with Crippen LogP contribution in [0.3, 0.4) is 0 Å². The lowest BCUT2D eigenvalue weighted by Gasteiger charge is -2.50. The van der Waals surface area contributed by atoms with E-state index >= 15 is 4.39 Å². The summed E-state index contributed by atoms with van der Waals surface area (Å²) in [6.07, 6.45) is 5.55. The molecular weight excluding hydrogens is 379 g/mol. The van der Waals surface area contributed by atoms with Gasteiger partial charge in [0.05, 0.1) is 17.6 Å². The van der Waals surface area contributed by atoms with Crippen LogP contribution < -0.4 is 5.32 Å². The molecule has 0 bridgehead atoms. The Morgan fingerprint density at radius 3 is 2.83 bits per heavy atom. The number of carbonyl (C=O) groups is 2. The zero-order valence-corrected chi connectivity index (χ0v) is 15.6. The monoisotopic (exact) mass is 398 g/mol.